The molecule has 0 amide bonds. The van der Waals surface area contributed by atoms with Crippen LogP contribution in [-0.4, -0.2) is 22.7 Å². The van der Waals surface area contributed by atoms with Gasteiger partial charge in [-0.25, -0.2) is 0 Å². The van der Waals surface area contributed by atoms with Crippen molar-refractivity contribution in [1.82, 2.24) is 0 Å². The van der Waals surface area contributed by atoms with Crippen LogP contribution in [0.15, 0.2) is 0 Å². The zero-order valence-corrected chi connectivity index (χ0v) is 9.91. The van der Waals surface area contributed by atoms with Crippen molar-refractivity contribution in [2.24, 2.45) is 0 Å². The monoisotopic (exact) mass is 204 g/mol. The van der Waals surface area contributed by atoms with Crippen LogP contribution in [0.4, 0.5) is 0 Å². The van der Waals surface area contributed by atoms with Gasteiger partial charge in [-0.3, -0.25) is 0 Å². The highest BCUT2D eigenvalue weighted by atomic mass is 32.2. The van der Waals surface area contributed by atoms with Gasteiger partial charge in [-0.05, 0) is 30.8 Å². The summed E-state index contributed by atoms with van der Waals surface area (Å²) in [7, 11) is 0. The Bertz CT molecular complexity index is 96.1. The molecule has 80 valence electrons. The molecular formula is C11H24OS. The molecule has 1 atom stereocenters. The standard InChI is InChI=1S/C11H24OS/c1-3-8-11(12)9-6-5-7-10-13-4-2/h11-12H,3-10H2,1-2H3. The van der Waals surface area contributed by atoms with Crippen LogP contribution in [0, 0.1) is 0 Å². The summed E-state index contributed by atoms with van der Waals surface area (Å²) in [6, 6.07) is 0. The van der Waals surface area contributed by atoms with Crippen LogP contribution in [0.5, 0.6) is 0 Å². The van der Waals surface area contributed by atoms with E-state index in [0.717, 1.165) is 19.3 Å². The van der Waals surface area contributed by atoms with Crippen molar-refractivity contribution in [3.63, 3.8) is 0 Å². The Morgan fingerprint density at radius 1 is 1.08 bits per heavy atom. The predicted molar refractivity (Wildman–Crippen MR) is 62.4 cm³/mol. The molecule has 0 aromatic rings. The number of unbranched alkanes of at least 4 members (excludes halogenated alkanes) is 2. The van der Waals surface area contributed by atoms with Crippen LogP contribution in [0.3, 0.4) is 0 Å². The number of hydrogen-bond donors (Lipinski definition) is 1. The van der Waals surface area contributed by atoms with Gasteiger partial charge in [0.1, 0.15) is 0 Å². The van der Waals surface area contributed by atoms with Gasteiger partial charge in [0, 0.05) is 0 Å². The fourth-order valence-corrected chi connectivity index (χ4v) is 2.08. The Morgan fingerprint density at radius 3 is 2.46 bits per heavy atom. The molecule has 0 aliphatic heterocycles. The lowest BCUT2D eigenvalue weighted by atomic mass is 10.1. The fourth-order valence-electron chi connectivity index (χ4n) is 1.38. The van der Waals surface area contributed by atoms with Crippen LogP contribution in [-0.2, 0) is 0 Å². The largest absolute Gasteiger partial charge is 0.393 e. The number of rotatable bonds is 9. The molecule has 0 aromatic carbocycles. The Kier molecular flexibility index (Phi) is 10.6. The first-order chi connectivity index (χ1) is 6.31. The minimum absolute atomic E-state index is 0.0381. The smallest absolute Gasteiger partial charge is 0.0540 e. The first-order valence-electron chi connectivity index (χ1n) is 5.57. The molecule has 0 saturated carbocycles. The van der Waals surface area contributed by atoms with E-state index >= 15 is 0 Å². The Hall–Kier alpha value is 0.310. The number of thioether (sulfide) groups is 1. The number of aliphatic hydroxyl groups excluding tert-OH is 1. The van der Waals surface area contributed by atoms with Gasteiger partial charge in [0.15, 0.2) is 0 Å². The van der Waals surface area contributed by atoms with Crippen molar-refractivity contribution in [1.29, 1.82) is 0 Å². The fraction of sp³-hybridized carbons (Fsp3) is 1.00. The molecule has 0 heterocycles. The molecule has 0 saturated heterocycles. The van der Waals surface area contributed by atoms with E-state index in [2.05, 4.69) is 13.8 Å². The SMILES string of the molecule is CCCC(O)CCCCCSCC. The van der Waals surface area contributed by atoms with Crippen LogP contribution < -0.4 is 0 Å². The number of aliphatic hydroxyl groups is 1. The van der Waals surface area contributed by atoms with Gasteiger partial charge in [-0.15, -0.1) is 0 Å². The molecule has 2 heteroatoms. The van der Waals surface area contributed by atoms with Crippen LogP contribution in [0.1, 0.15) is 52.4 Å². The van der Waals surface area contributed by atoms with E-state index in [1.165, 1.54) is 30.8 Å². The lowest BCUT2D eigenvalue weighted by Crippen LogP contribution is -2.05. The van der Waals surface area contributed by atoms with Crippen molar-refractivity contribution < 1.29 is 5.11 Å². The van der Waals surface area contributed by atoms with Gasteiger partial charge < -0.3 is 5.11 Å². The van der Waals surface area contributed by atoms with Gasteiger partial charge in [-0.2, -0.15) is 11.8 Å². The molecular weight excluding hydrogens is 180 g/mol. The second-order valence-corrected chi connectivity index (χ2v) is 4.88. The van der Waals surface area contributed by atoms with Gasteiger partial charge in [0.25, 0.3) is 0 Å². The summed E-state index contributed by atoms with van der Waals surface area (Å²) in [5, 5.41) is 9.45. The normalized spacial score (nSPS) is 13.2. The maximum atomic E-state index is 9.45. The molecule has 1 nitrogen and oxygen atoms in total. The second kappa shape index (κ2) is 10.4. The molecule has 0 aromatic heterocycles. The first-order valence-corrected chi connectivity index (χ1v) is 6.72. The highest BCUT2D eigenvalue weighted by molar-refractivity contribution is 7.99. The lowest BCUT2D eigenvalue weighted by Gasteiger charge is -2.07. The first kappa shape index (κ1) is 13.3. The molecule has 0 radical (unpaired) electrons. The molecule has 13 heavy (non-hydrogen) atoms. The molecule has 0 fully saturated rings. The second-order valence-electron chi connectivity index (χ2n) is 3.49. The van der Waals surface area contributed by atoms with E-state index in [9.17, 15) is 5.11 Å². The third-order valence-electron chi connectivity index (χ3n) is 2.15. The van der Waals surface area contributed by atoms with Crippen molar-refractivity contribution >= 4 is 11.8 Å². The molecule has 1 unspecified atom stereocenters. The Labute approximate surface area is 87.3 Å². The summed E-state index contributed by atoms with van der Waals surface area (Å²) in [5.41, 5.74) is 0. The lowest BCUT2D eigenvalue weighted by molar-refractivity contribution is 0.150. The average molecular weight is 204 g/mol. The quantitative estimate of drug-likeness (QED) is 0.580. The van der Waals surface area contributed by atoms with Crippen LogP contribution >= 0.6 is 11.8 Å². The molecule has 1 N–H and O–H groups in total. The molecule has 0 spiro atoms. The average Bonchev–Trinajstić information content (AvgIpc) is 2.11. The summed E-state index contributed by atoms with van der Waals surface area (Å²) in [5.74, 6) is 2.53. The van der Waals surface area contributed by atoms with Gasteiger partial charge in [-0.1, -0.05) is 33.1 Å². The van der Waals surface area contributed by atoms with Crippen molar-refractivity contribution in [3.8, 4) is 0 Å². The third kappa shape index (κ3) is 10.2. The molecule has 0 aliphatic rings. The Balaban J connectivity index is 2.97. The molecule has 0 bridgehead atoms. The minimum atomic E-state index is -0.0381. The van der Waals surface area contributed by atoms with E-state index < -0.39 is 0 Å². The predicted octanol–water partition coefficient (Wildman–Crippen LogP) is 3.46. The summed E-state index contributed by atoms with van der Waals surface area (Å²) in [4.78, 5) is 0. The van der Waals surface area contributed by atoms with E-state index in [1.54, 1.807) is 0 Å². The van der Waals surface area contributed by atoms with Crippen molar-refractivity contribution in [2.45, 2.75) is 58.5 Å². The summed E-state index contributed by atoms with van der Waals surface area (Å²) >= 11 is 2.01. The molecule has 0 rings (SSSR count). The van der Waals surface area contributed by atoms with E-state index in [-0.39, 0.29) is 6.10 Å². The summed E-state index contributed by atoms with van der Waals surface area (Å²) in [6.07, 6.45) is 6.85. The summed E-state index contributed by atoms with van der Waals surface area (Å²) in [6.45, 7) is 4.33. The summed E-state index contributed by atoms with van der Waals surface area (Å²) < 4.78 is 0. The van der Waals surface area contributed by atoms with Crippen LogP contribution in [0.2, 0.25) is 0 Å². The highest BCUT2D eigenvalue weighted by Crippen LogP contribution is 2.10. The van der Waals surface area contributed by atoms with Crippen molar-refractivity contribution in [3.05, 3.63) is 0 Å². The van der Waals surface area contributed by atoms with E-state index in [1.807, 2.05) is 11.8 Å². The van der Waals surface area contributed by atoms with E-state index in [4.69, 9.17) is 0 Å². The van der Waals surface area contributed by atoms with Gasteiger partial charge in [0.05, 0.1) is 6.10 Å². The topological polar surface area (TPSA) is 20.2 Å². The Morgan fingerprint density at radius 2 is 1.85 bits per heavy atom. The van der Waals surface area contributed by atoms with Gasteiger partial charge in [0.2, 0.25) is 0 Å². The molecule has 0 aliphatic carbocycles. The zero-order valence-electron chi connectivity index (χ0n) is 9.09. The van der Waals surface area contributed by atoms with Gasteiger partial charge >= 0.3 is 0 Å². The highest BCUT2D eigenvalue weighted by Gasteiger charge is 2.01. The van der Waals surface area contributed by atoms with Crippen molar-refractivity contribution in [2.75, 3.05) is 11.5 Å². The number of hydrogen-bond acceptors (Lipinski definition) is 2. The van der Waals surface area contributed by atoms with E-state index in [0.29, 0.717) is 0 Å². The maximum Gasteiger partial charge on any atom is 0.0540 e. The zero-order chi connectivity index (χ0) is 9.94. The third-order valence-corrected chi connectivity index (χ3v) is 3.14. The maximum absolute atomic E-state index is 9.45. The van der Waals surface area contributed by atoms with Crippen LogP contribution in [0.25, 0.3) is 0 Å². The minimum Gasteiger partial charge on any atom is -0.393 e.